The van der Waals surface area contributed by atoms with Crippen LogP contribution in [0, 0.1) is 6.92 Å². The first-order valence-electron chi connectivity index (χ1n) is 8.59. The largest absolute Gasteiger partial charge is 0.454 e. The first kappa shape index (κ1) is 16.3. The number of benzene rings is 2. The van der Waals surface area contributed by atoms with E-state index in [0.29, 0.717) is 6.54 Å². The van der Waals surface area contributed by atoms with Crippen LogP contribution in [0.2, 0.25) is 0 Å². The van der Waals surface area contributed by atoms with Gasteiger partial charge in [-0.1, -0.05) is 30.3 Å². The molecule has 0 saturated carbocycles. The summed E-state index contributed by atoms with van der Waals surface area (Å²) in [5, 5.41) is 0. The van der Waals surface area contributed by atoms with Crippen LogP contribution < -0.4 is 4.90 Å². The summed E-state index contributed by atoms with van der Waals surface area (Å²) < 4.78 is 7.03. The number of fused-ring (bicyclic) bond motifs is 2. The number of hydrogen-bond acceptors (Lipinski definition) is 4. The molecule has 0 aliphatic carbocycles. The Morgan fingerprint density at radius 2 is 1.88 bits per heavy atom. The lowest BCUT2D eigenvalue weighted by molar-refractivity contribution is -0.148. The first-order valence-corrected chi connectivity index (χ1v) is 8.59. The van der Waals surface area contributed by atoms with Crippen LogP contribution in [0.4, 0.5) is 5.69 Å². The van der Waals surface area contributed by atoms with Crippen molar-refractivity contribution in [3.63, 3.8) is 0 Å². The molecule has 1 aromatic heterocycles. The van der Waals surface area contributed by atoms with Gasteiger partial charge in [0.1, 0.15) is 12.4 Å². The molecule has 4 rings (SSSR count). The van der Waals surface area contributed by atoms with Gasteiger partial charge in [0.15, 0.2) is 6.61 Å². The molecule has 1 aliphatic rings. The molecule has 0 radical (unpaired) electrons. The second kappa shape index (κ2) is 6.63. The van der Waals surface area contributed by atoms with Crippen molar-refractivity contribution in [1.29, 1.82) is 0 Å². The van der Waals surface area contributed by atoms with E-state index in [1.54, 1.807) is 9.47 Å². The topological polar surface area (TPSA) is 64.4 Å². The Balaban J connectivity index is 1.40. The van der Waals surface area contributed by atoms with Gasteiger partial charge in [-0.05, 0) is 37.1 Å². The van der Waals surface area contributed by atoms with Gasteiger partial charge in [-0.15, -0.1) is 0 Å². The fourth-order valence-electron chi connectivity index (χ4n) is 3.39. The highest BCUT2D eigenvalue weighted by atomic mass is 16.5. The van der Waals surface area contributed by atoms with E-state index in [9.17, 15) is 9.59 Å². The summed E-state index contributed by atoms with van der Waals surface area (Å²) >= 11 is 0. The molecule has 6 nitrogen and oxygen atoms in total. The molecule has 0 fully saturated rings. The Morgan fingerprint density at radius 3 is 2.77 bits per heavy atom. The summed E-state index contributed by atoms with van der Waals surface area (Å²) in [6.45, 7) is 2.26. The molecule has 2 heterocycles. The van der Waals surface area contributed by atoms with Crippen molar-refractivity contribution in [2.75, 3.05) is 18.1 Å². The van der Waals surface area contributed by atoms with Crippen molar-refractivity contribution in [3.05, 3.63) is 59.9 Å². The molecule has 3 aromatic rings. The van der Waals surface area contributed by atoms with Crippen LogP contribution in [-0.4, -0.2) is 34.6 Å². The molecular formula is C20H19N3O3. The van der Waals surface area contributed by atoms with Crippen molar-refractivity contribution in [3.8, 4) is 0 Å². The molecule has 6 heteroatoms. The van der Waals surface area contributed by atoms with Gasteiger partial charge in [-0.25, -0.2) is 4.98 Å². The van der Waals surface area contributed by atoms with Crippen molar-refractivity contribution in [2.45, 2.75) is 19.9 Å². The maximum atomic E-state index is 12.4. The number of nitrogens with zero attached hydrogens (tertiary/aromatic N) is 3. The highest BCUT2D eigenvalue weighted by molar-refractivity contribution is 5.97. The zero-order valence-corrected chi connectivity index (χ0v) is 14.5. The smallest absolute Gasteiger partial charge is 0.326 e. The number of ether oxygens (including phenoxy) is 1. The summed E-state index contributed by atoms with van der Waals surface area (Å²) in [6.07, 6.45) is 0.829. The average molecular weight is 349 g/mol. The van der Waals surface area contributed by atoms with Gasteiger partial charge in [0.25, 0.3) is 5.91 Å². The van der Waals surface area contributed by atoms with Gasteiger partial charge >= 0.3 is 5.97 Å². The van der Waals surface area contributed by atoms with Gasteiger partial charge in [0, 0.05) is 12.2 Å². The maximum absolute atomic E-state index is 12.4. The van der Waals surface area contributed by atoms with Crippen LogP contribution in [0.15, 0.2) is 48.5 Å². The van der Waals surface area contributed by atoms with Crippen LogP contribution in [-0.2, 0) is 27.3 Å². The van der Waals surface area contributed by atoms with E-state index in [0.717, 1.165) is 34.5 Å². The number of hydrogen-bond donors (Lipinski definition) is 0. The normalized spacial score (nSPS) is 13.0. The van der Waals surface area contributed by atoms with Crippen LogP contribution in [0.3, 0.4) is 0 Å². The number of para-hydroxylation sites is 3. The van der Waals surface area contributed by atoms with Gasteiger partial charge in [-0.2, -0.15) is 0 Å². The van der Waals surface area contributed by atoms with E-state index in [1.165, 1.54) is 0 Å². The number of imidazole rings is 1. The average Bonchev–Trinajstić information content (AvgIpc) is 3.21. The lowest BCUT2D eigenvalue weighted by atomic mass is 10.2. The number of esters is 1. The Labute approximate surface area is 151 Å². The molecule has 132 valence electrons. The van der Waals surface area contributed by atoms with Crippen LogP contribution in [0.1, 0.15) is 11.4 Å². The second-order valence-corrected chi connectivity index (χ2v) is 6.32. The number of rotatable bonds is 4. The third-order valence-corrected chi connectivity index (χ3v) is 4.68. The lowest BCUT2D eigenvalue weighted by Gasteiger charge is -2.17. The van der Waals surface area contributed by atoms with Gasteiger partial charge in [0.2, 0.25) is 0 Å². The highest BCUT2D eigenvalue weighted by Gasteiger charge is 2.25. The number of amides is 1. The molecule has 0 spiro atoms. The van der Waals surface area contributed by atoms with Gasteiger partial charge < -0.3 is 14.2 Å². The molecular weight excluding hydrogens is 330 g/mol. The van der Waals surface area contributed by atoms with E-state index in [1.807, 2.05) is 55.5 Å². The van der Waals surface area contributed by atoms with Crippen LogP contribution in [0.25, 0.3) is 11.0 Å². The number of aromatic nitrogens is 2. The van der Waals surface area contributed by atoms with Crippen LogP contribution in [0.5, 0.6) is 0 Å². The third kappa shape index (κ3) is 2.94. The molecule has 0 unspecified atom stereocenters. The third-order valence-electron chi connectivity index (χ3n) is 4.68. The number of aryl methyl sites for hydroxylation is 1. The Kier molecular flexibility index (Phi) is 4.16. The SMILES string of the molecule is Cc1nc2ccccc2n1CC(=O)OCC(=O)N1CCc2ccccc21. The summed E-state index contributed by atoms with van der Waals surface area (Å²) in [5.74, 6) is 0.0931. The molecule has 0 atom stereocenters. The molecule has 0 saturated heterocycles. The molecule has 2 aromatic carbocycles. The van der Waals surface area contributed by atoms with E-state index >= 15 is 0 Å². The fourth-order valence-corrected chi connectivity index (χ4v) is 3.39. The minimum Gasteiger partial charge on any atom is -0.454 e. The monoisotopic (exact) mass is 349 g/mol. The van der Waals surface area contributed by atoms with Gasteiger partial charge in [-0.3, -0.25) is 9.59 Å². The van der Waals surface area contributed by atoms with E-state index in [2.05, 4.69) is 4.98 Å². The minimum absolute atomic E-state index is 0.0379. The van der Waals surface area contributed by atoms with E-state index in [4.69, 9.17) is 4.74 Å². The molecule has 26 heavy (non-hydrogen) atoms. The van der Waals surface area contributed by atoms with E-state index < -0.39 is 5.97 Å². The van der Waals surface area contributed by atoms with Crippen molar-refractivity contribution in [2.24, 2.45) is 0 Å². The first-order chi connectivity index (χ1) is 12.6. The lowest BCUT2D eigenvalue weighted by Crippen LogP contribution is -2.33. The Bertz CT molecular complexity index is 993. The summed E-state index contributed by atoms with van der Waals surface area (Å²) in [6, 6.07) is 15.4. The Hall–Kier alpha value is -3.15. The Morgan fingerprint density at radius 1 is 1.12 bits per heavy atom. The minimum atomic E-state index is -0.447. The van der Waals surface area contributed by atoms with Crippen LogP contribution >= 0.6 is 0 Å². The number of anilines is 1. The number of carbonyl (C=O) groups is 2. The molecule has 1 aliphatic heterocycles. The predicted molar refractivity (Wildman–Crippen MR) is 97.9 cm³/mol. The van der Waals surface area contributed by atoms with Crippen molar-refractivity contribution < 1.29 is 14.3 Å². The zero-order valence-electron chi connectivity index (χ0n) is 14.5. The highest BCUT2D eigenvalue weighted by Crippen LogP contribution is 2.27. The summed E-state index contributed by atoms with van der Waals surface area (Å²) in [5.41, 5.74) is 3.77. The van der Waals surface area contributed by atoms with Gasteiger partial charge in [0.05, 0.1) is 11.0 Å². The number of carbonyl (C=O) groups excluding carboxylic acids is 2. The summed E-state index contributed by atoms with van der Waals surface area (Å²) in [7, 11) is 0. The summed E-state index contributed by atoms with van der Waals surface area (Å²) in [4.78, 5) is 30.8. The standard InChI is InChI=1S/C20H19N3O3/c1-14-21-16-7-3-5-9-18(16)23(14)12-20(25)26-13-19(24)22-11-10-15-6-2-4-8-17(15)22/h2-9H,10-13H2,1H3. The van der Waals surface area contributed by atoms with Crippen molar-refractivity contribution >= 4 is 28.6 Å². The zero-order chi connectivity index (χ0) is 18.1. The maximum Gasteiger partial charge on any atom is 0.326 e. The fraction of sp³-hybridized carbons (Fsp3) is 0.250. The quantitative estimate of drug-likeness (QED) is 0.679. The molecule has 0 bridgehead atoms. The molecule has 0 N–H and O–H groups in total. The van der Waals surface area contributed by atoms with E-state index in [-0.39, 0.29) is 19.1 Å². The van der Waals surface area contributed by atoms with Crippen molar-refractivity contribution in [1.82, 2.24) is 9.55 Å². The molecule has 1 amide bonds. The second-order valence-electron chi connectivity index (χ2n) is 6.32. The predicted octanol–water partition coefficient (Wildman–Crippen LogP) is 2.48.